The fourth-order valence-electron chi connectivity index (χ4n) is 3.41. The molecule has 36 heavy (non-hydrogen) atoms. The zero-order chi connectivity index (χ0) is 26.6. The van der Waals surface area contributed by atoms with E-state index in [1.165, 1.54) is 22.9 Å². The van der Waals surface area contributed by atoms with E-state index in [4.69, 9.17) is 14.2 Å². The molecule has 0 bridgehead atoms. The number of amides is 1. The van der Waals surface area contributed by atoms with Crippen molar-refractivity contribution in [3.8, 4) is 5.75 Å². The summed E-state index contributed by atoms with van der Waals surface area (Å²) in [5, 5.41) is 2.27. The Labute approximate surface area is 201 Å². The van der Waals surface area contributed by atoms with Gasteiger partial charge in [0.1, 0.15) is 18.3 Å². The maximum atomic E-state index is 14.0. The zero-order valence-electron chi connectivity index (χ0n) is 19.3. The van der Waals surface area contributed by atoms with Crippen LogP contribution >= 0.6 is 0 Å². The Morgan fingerprint density at radius 2 is 1.92 bits per heavy atom. The smallest absolute Gasteiger partial charge is 0.411 e. The first kappa shape index (κ1) is 26.5. The first-order valence-electron chi connectivity index (χ1n) is 10.5. The number of hydrogen-bond acceptors (Lipinski definition) is 8. The van der Waals surface area contributed by atoms with Crippen molar-refractivity contribution in [3.63, 3.8) is 0 Å². The minimum Gasteiger partial charge on any atom is -0.479 e. The summed E-state index contributed by atoms with van der Waals surface area (Å²) in [5.74, 6) is -11.4. The Morgan fingerprint density at radius 3 is 2.50 bits per heavy atom. The Hall–Kier alpha value is -4.10. The second-order valence-corrected chi connectivity index (χ2v) is 7.52. The molecule has 0 saturated heterocycles. The van der Waals surface area contributed by atoms with Crippen LogP contribution in [0.1, 0.15) is 26.3 Å². The fraction of sp³-hybridized carbons (Fsp3) is 0.364. The maximum absolute atomic E-state index is 14.0. The fourth-order valence-corrected chi connectivity index (χ4v) is 3.41. The third-order valence-corrected chi connectivity index (χ3v) is 5.01. The molecule has 0 radical (unpaired) electrons. The Bertz CT molecular complexity index is 1240. The van der Waals surface area contributed by atoms with Crippen molar-refractivity contribution in [2.24, 2.45) is 4.99 Å². The topological polar surface area (TPSA) is 117 Å². The monoisotopic (exact) mass is 515 g/mol. The van der Waals surface area contributed by atoms with Gasteiger partial charge in [-0.25, -0.2) is 18.6 Å². The molecule has 1 unspecified atom stereocenters. The number of carbonyl (C=O) groups is 2. The molecule has 2 atom stereocenters. The highest BCUT2D eigenvalue weighted by Gasteiger charge is 2.45. The lowest BCUT2D eigenvalue weighted by molar-refractivity contribution is -0.201. The number of nitrogens with zero attached hydrogens (tertiary/aromatic N) is 2. The molecule has 0 spiro atoms. The molecule has 0 aliphatic carbocycles. The highest BCUT2D eigenvalue weighted by Crippen LogP contribution is 2.31. The molecule has 1 amide bonds. The number of nitrogens with one attached hydrogen (secondary N) is 1. The lowest BCUT2D eigenvalue weighted by Crippen LogP contribution is -2.45. The van der Waals surface area contributed by atoms with Crippen molar-refractivity contribution in [2.75, 3.05) is 25.6 Å². The van der Waals surface area contributed by atoms with E-state index in [-0.39, 0.29) is 24.1 Å². The SMILES string of the molecule is CC[C@@H](C1=NCC(COc2c(F)c(F)cc(F)c2F)(OC(C)=O)O1)n1cccc(NC(=O)OC)c1=O. The highest BCUT2D eigenvalue weighted by atomic mass is 19.2. The molecule has 1 N–H and O–H groups in total. The van der Waals surface area contributed by atoms with Gasteiger partial charge in [0, 0.05) is 19.2 Å². The molecular formula is C22H21F4N3O7. The summed E-state index contributed by atoms with van der Waals surface area (Å²) < 4.78 is 76.6. The van der Waals surface area contributed by atoms with Gasteiger partial charge in [-0.3, -0.25) is 14.9 Å². The highest BCUT2D eigenvalue weighted by molar-refractivity contribution is 5.85. The van der Waals surface area contributed by atoms with Gasteiger partial charge in [0.05, 0.1) is 7.11 Å². The summed E-state index contributed by atoms with van der Waals surface area (Å²) in [6, 6.07) is 1.96. The first-order chi connectivity index (χ1) is 17.0. The van der Waals surface area contributed by atoms with Gasteiger partial charge in [0.2, 0.25) is 17.5 Å². The van der Waals surface area contributed by atoms with Crippen LogP contribution in [-0.2, 0) is 19.0 Å². The Balaban J connectivity index is 1.88. The normalized spacial score (nSPS) is 17.6. The molecule has 1 aromatic carbocycles. The van der Waals surface area contributed by atoms with Gasteiger partial charge in [-0.2, -0.15) is 8.78 Å². The Morgan fingerprint density at radius 1 is 1.25 bits per heavy atom. The number of aliphatic imine (C=N–C) groups is 1. The molecule has 2 aromatic rings. The number of ether oxygens (including phenoxy) is 4. The molecule has 0 saturated carbocycles. The van der Waals surface area contributed by atoms with Gasteiger partial charge in [-0.15, -0.1) is 0 Å². The third kappa shape index (κ3) is 5.42. The molecule has 2 heterocycles. The van der Waals surface area contributed by atoms with Crippen molar-refractivity contribution >= 4 is 23.6 Å². The average Bonchev–Trinajstić information content (AvgIpc) is 3.23. The van der Waals surface area contributed by atoms with Gasteiger partial charge in [0.25, 0.3) is 5.56 Å². The summed E-state index contributed by atoms with van der Waals surface area (Å²) in [7, 11) is 1.12. The maximum Gasteiger partial charge on any atom is 0.411 e. The van der Waals surface area contributed by atoms with Crippen LogP contribution in [0.15, 0.2) is 34.2 Å². The molecule has 1 aliphatic rings. The van der Waals surface area contributed by atoms with Crippen LogP contribution < -0.4 is 15.6 Å². The Kier molecular flexibility index (Phi) is 7.85. The first-order valence-corrected chi connectivity index (χ1v) is 10.5. The predicted octanol–water partition coefficient (Wildman–Crippen LogP) is 3.30. The lowest BCUT2D eigenvalue weighted by atomic mass is 10.2. The summed E-state index contributed by atoms with van der Waals surface area (Å²) in [4.78, 5) is 40.3. The van der Waals surface area contributed by atoms with Crippen molar-refractivity contribution in [1.29, 1.82) is 0 Å². The summed E-state index contributed by atoms with van der Waals surface area (Å²) in [6.45, 7) is 1.39. The van der Waals surface area contributed by atoms with E-state index in [0.29, 0.717) is 0 Å². The lowest BCUT2D eigenvalue weighted by Gasteiger charge is -2.29. The third-order valence-electron chi connectivity index (χ3n) is 5.01. The number of esters is 1. The quantitative estimate of drug-likeness (QED) is 0.326. The number of anilines is 1. The van der Waals surface area contributed by atoms with Crippen molar-refractivity contribution in [1.82, 2.24) is 4.57 Å². The molecule has 0 fully saturated rings. The minimum atomic E-state index is -2.05. The molecule has 1 aromatic heterocycles. The number of hydrogen-bond donors (Lipinski definition) is 1. The van der Waals surface area contributed by atoms with Crippen molar-refractivity contribution < 1.29 is 46.1 Å². The second-order valence-electron chi connectivity index (χ2n) is 7.52. The van der Waals surface area contributed by atoms with Crippen molar-refractivity contribution in [2.45, 2.75) is 32.1 Å². The van der Waals surface area contributed by atoms with Crippen LogP contribution in [0.25, 0.3) is 0 Å². The number of methoxy groups -OCH3 is 1. The van der Waals surface area contributed by atoms with Gasteiger partial charge in [-0.1, -0.05) is 6.92 Å². The van der Waals surface area contributed by atoms with Crippen LogP contribution in [0, 0.1) is 23.3 Å². The van der Waals surface area contributed by atoms with E-state index in [9.17, 15) is 31.9 Å². The number of rotatable bonds is 8. The number of pyridine rings is 1. The second kappa shape index (κ2) is 10.7. The summed E-state index contributed by atoms with van der Waals surface area (Å²) >= 11 is 0. The van der Waals surface area contributed by atoms with E-state index >= 15 is 0 Å². The number of benzene rings is 1. The van der Waals surface area contributed by atoms with Crippen LogP contribution in [0.2, 0.25) is 0 Å². The zero-order valence-corrected chi connectivity index (χ0v) is 19.3. The van der Waals surface area contributed by atoms with Gasteiger partial charge < -0.3 is 23.5 Å². The van der Waals surface area contributed by atoms with Gasteiger partial charge in [-0.05, 0) is 18.6 Å². The predicted molar refractivity (Wildman–Crippen MR) is 116 cm³/mol. The van der Waals surface area contributed by atoms with E-state index in [1.54, 1.807) is 6.92 Å². The van der Waals surface area contributed by atoms with Crippen molar-refractivity contribution in [3.05, 3.63) is 58.0 Å². The van der Waals surface area contributed by atoms with Gasteiger partial charge >= 0.3 is 17.8 Å². The van der Waals surface area contributed by atoms with Crippen LogP contribution in [0.3, 0.4) is 0 Å². The molecule has 14 heteroatoms. The average molecular weight is 515 g/mol. The van der Waals surface area contributed by atoms with E-state index < -0.39 is 71.6 Å². The molecule has 10 nitrogen and oxygen atoms in total. The molecule has 1 aliphatic heterocycles. The largest absolute Gasteiger partial charge is 0.479 e. The van der Waals surface area contributed by atoms with Crippen LogP contribution in [0.4, 0.5) is 28.0 Å². The number of halogens is 4. The molecule has 3 rings (SSSR count). The van der Waals surface area contributed by atoms with Crippen LogP contribution in [-0.4, -0.2) is 48.6 Å². The molecular weight excluding hydrogens is 494 g/mol. The standard InChI is InChI=1S/C22H21F4N3O7/c1-4-15(29-7-5-6-14(20(29)31)28-21(32)33-3)19-27-9-22(36-19,35-11(2)30)10-34-18-16(25)12(23)8-13(24)17(18)26/h5-8,15H,4,9-10H2,1-3H3,(H,28,32)/t15-,22?/m0/s1. The number of carbonyl (C=O) groups excluding carboxylic acids is 2. The summed E-state index contributed by atoms with van der Waals surface area (Å²) in [6.07, 6.45) is 0.759. The van der Waals surface area contributed by atoms with E-state index in [1.807, 2.05) is 0 Å². The van der Waals surface area contributed by atoms with Gasteiger partial charge in [0.15, 0.2) is 24.0 Å². The van der Waals surface area contributed by atoms with E-state index in [2.05, 4.69) is 15.0 Å². The summed E-state index contributed by atoms with van der Waals surface area (Å²) in [5.41, 5.74) is -0.739. The van der Waals surface area contributed by atoms with Crippen LogP contribution in [0.5, 0.6) is 5.75 Å². The van der Waals surface area contributed by atoms with E-state index in [0.717, 1.165) is 14.0 Å². The molecule has 194 valence electrons. The number of aromatic nitrogens is 1. The minimum absolute atomic E-state index is 0.0133.